The molecule has 0 aromatic heterocycles. The third kappa shape index (κ3) is 8.34. The Morgan fingerprint density at radius 2 is 1.62 bits per heavy atom. The molecule has 0 atom stereocenters. The average Bonchev–Trinajstić information content (AvgIpc) is 2.76. The van der Waals surface area contributed by atoms with E-state index in [0.29, 0.717) is 17.2 Å². The molecule has 0 aliphatic heterocycles. The van der Waals surface area contributed by atoms with E-state index < -0.39 is 24.5 Å². The zero-order valence-corrected chi connectivity index (χ0v) is 18.0. The molecule has 0 fully saturated rings. The highest BCUT2D eigenvalue weighted by Gasteiger charge is 2.13. The largest absolute Gasteiger partial charge is 0.497 e. The first kappa shape index (κ1) is 24.2. The van der Waals surface area contributed by atoms with E-state index in [1.165, 1.54) is 31.4 Å². The van der Waals surface area contributed by atoms with E-state index in [1.54, 1.807) is 38.1 Å². The molecule has 170 valence electrons. The summed E-state index contributed by atoms with van der Waals surface area (Å²) >= 11 is 0. The van der Waals surface area contributed by atoms with Crippen molar-refractivity contribution in [1.29, 1.82) is 0 Å². The van der Waals surface area contributed by atoms with Crippen molar-refractivity contribution in [3.05, 3.63) is 54.1 Å². The normalized spacial score (nSPS) is 10.1. The number of carbonyl (C=O) groups is 4. The SMILES string of the molecule is COc1cccc(NC(=O)COc2ccc(C(=O)OCC(=O)NC(=O)NC(C)C)cc2)c1. The fourth-order valence-electron chi connectivity index (χ4n) is 2.41. The van der Waals surface area contributed by atoms with Crippen molar-refractivity contribution in [3.63, 3.8) is 0 Å². The molecule has 0 spiro atoms. The first-order valence-corrected chi connectivity index (χ1v) is 9.71. The molecule has 0 heterocycles. The molecular weight excluding hydrogens is 418 g/mol. The molecule has 2 aromatic carbocycles. The predicted molar refractivity (Wildman–Crippen MR) is 116 cm³/mol. The Balaban J connectivity index is 1.77. The van der Waals surface area contributed by atoms with Crippen LogP contribution in [0.25, 0.3) is 0 Å². The third-order valence-corrected chi connectivity index (χ3v) is 3.82. The van der Waals surface area contributed by atoms with Crippen molar-refractivity contribution in [2.75, 3.05) is 25.6 Å². The van der Waals surface area contributed by atoms with Crippen molar-refractivity contribution < 1.29 is 33.4 Å². The van der Waals surface area contributed by atoms with Gasteiger partial charge in [-0.3, -0.25) is 14.9 Å². The second kappa shape index (κ2) is 11.9. The molecule has 0 bridgehead atoms. The van der Waals surface area contributed by atoms with Gasteiger partial charge in [-0.25, -0.2) is 9.59 Å². The molecule has 32 heavy (non-hydrogen) atoms. The highest BCUT2D eigenvalue weighted by molar-refractivity contribution is 5.97. The van der Waals surface area contributed by atoms with Gasteiger partial charge < -0.3 is 24.8 Å². The summed E-state index contributed by atoms with van der Waals surface area (Å²) < 4.78 is 15.4. The summed E-state index contributed by atoms with van der Waals surface area (Å²) in [6.07, 6.45) is 0. The van der Waals surface area contributed by atoms with Crippen LogP contribution in [0, 0.1) is 0 Å². The van der Waals surface area contributed by atoms with Crippen molar-refractivity contribution in [3.8, 4) is 11.5 Å². The molecule has 0 aliphatic carbocycles. The first-order chi connectivity index (χ1) is 15.3. The lowest BCUT2D eigenvalue weighted by atomic mass is 10.2. The number of hydrogen-bond donors (Lipinski definition) is 3. The maximum atomic E-state index is 12.0. The number of esters is 1. The van der Waals surface area contributed by atoms with E-state index >= 15 is 0 Å². The van der Waals surface area contributed by atoms with Crippen LogP contribution >= 0.6 is 0 Å². The van der Waals surface area contributed by atoms with E-state index in [9.17, 15) is 19.2 Å². The minimum atomic E-state index is -0.751. The number of nitrogens with one attached hydrogen (secondary N) is 3. The number of urea groups is 1. The minimum Gasteiger partial charge on any atom is -0.497 e. The number of imide groups is 1. The molecule has 0 radical (unpaired) electrons. The van der Waals surface area contributed by atoms with Gasteiger partial charge in [-0.15, -0.1) is 0 Å². The van der Waals surface area contributed by atoms with Gasteiger partial charge in [0.15, 0.2) is 13.2 Å². The van der Waals surface area contributed by atoms with E-state index in [0.717, 1.165) is 0 Å². The highest BCUT2D eigenvalue weighted by Crippen LogP contribution is 2.17. The quantitative estimate of drug-likeness (QED) is 0.506. The Hall–Kier alpha value is -4.08. The summed E-state index contributed by atoms with van der Waals surface area (Å²) in [5.41, 5.74) is 0.749. The van der Waals surface area contributed by atoms with Crippen LogP contribution in [-0.2, 0) is 14.3 Å². The van der Waals surface area contributed by atoms with Crippen LogP contribution in [0.4, 0.5) is 10.5 Å². The maximum absolute atomic E-state index is 12.0. The van der Waals surface area contributed by atoms with E-state index in [2.05, 4.69) is 10.6 Å². The lowest BCUT2D eigenvalue weighted by Crippen LogP contribution is -2.44. The summed E-state index contributed by atoms with van der Waals surface area (Å²) in [5, 5.41) is 7.21. The van der Waals surface area contributed by atoms with Gasteiger partial charge in [0.25, 0.3) is 11.8 Å². The molecule has 2 rings (SSSR count). The van der Waals surface area contributed by atoms with Crippen molar-refractivity contribution in [2.45, 2.75) is 19.9 Å². The minimum absolute atomic E-state index is 0.140. The Morgan fingerprint density at radius 3 is 2.28 bits per heavy atom. The second-order valence-electron chi connectivity index (χ2n) is 6.85. The zero-order valence-electron chi connectivity index (χ0n) is 18.0. The number of methoxy groups -OCH3 is 1. The monoisotopic (exact) mass is 443 g/mol. The molecule has 0 saturated carbocycles. The molecule has 4 amide bonds. The molecule has 0 saturated heterocycles. The number of carbonyl (C=O) groups excluding carboxylic acids is 4. The van der Waals surface area contributed by atoms with Crippen LogP contribution in [0.3, 0.4) is 0 Å². The Morgan fingerprint density at radius 1 is 0.906 bits per heavy atom. The van der Waals surface area contributed by atoms with Gasteiger partial charge in [-0.2, -0.15) is 0 Å². The number of benzene rings is 2. The fourth-order valence-corrected chi connectivity index (χ4v) is 2.41. The van der Waals surface area contributed by atoms with Crippen LogP contribution in [-0.4, -0.2) is 50.2 Å². The van der Waals surface area contributed by atoms with Crippen LogP contribution in [0.1, 0.15) is 24.2 Å². The standard InChI is InChI=1S/C22H25N3O7/c1-14(2)23-22(29)25-20(27)13-32-21(28)15-7-9-17(10-8-15)31-12-19(26)24-16-5-4-6-18(11-16)30-3/h4-11,14H,12-13H2,1-3H3,(H,24,26)(H2,23,25,27,29). The number of amides is 4. The van der Waals surface area contributed by atoms with E-state index in [4.69, 9.17) is 14.2 Å². The highest BCUT2D eigenvalue weighted by atomic mass is 16.5. The molecule has 0 aliphatic rings. The second-order valence-corrected chi connectivity index (χ2v) is 6.85. The average molecular weight is 443 g/mol. The van der Waals surface area contributed by atoms with Gasteiger partial charge >= 0.3 is 12.0 Å². The lowest BCUT2D eigenvalue weighted by molar-refractivity contribution is -0.123. The number of anilines is 1. The van der Waals surface area contributed by atoms with Crippen LogP contribution in [0.5, 0.6) is 11.5 Å². The topological polar surface area (TPSA) is 132 Å². The summed E-state index contributed by atoms with van der Waals surface area (Å²) in [7, 11) is 1.53. The molecule has 10 nitrogen and oxygen atoms in total. The van der Waals surface area contributed by atoms with Crippen molar-refractivity contribution in [1.82, 2.24) is 10.6 Å². The Kier molecular flexibility index (Phi) is 9.03. The summed E-state index contributed by atoms with van der Waals surface area (Å²) in [4.78, 5) is 47.1. The Bertz CT molecular complexity index is 958. The van der Waals surface area contributed by atoms with Crippen LogP contribution in [0.15, 0.2) is 48.5 Å². The van der Waals surface area contributed by atoms with E-state index in [1.807, 2.05) is 5.32 Å². The van der Waals surface area contributed by atoms with Crippen LogP contribution < -0.4 is 25.4 Å². The third-order valence-electron chi connectivity index (χ3n) is 3.82. The maximum Gasteiger partial charge on any atom is 0.338 e. The van der Waals surface area contributed by atoms with Gasteiger partial charge in [0.1, 0.15) is 11.5 Å². The van der Waals surface area contributed by atoms with Crippen molar-refractivity contribution in [2.24, 2.45) is 0 Å². The van der Waals surface area contributed by atoms with E-state index in [-0.39, 0.29) is 24.1 Å². The number of hydrogen-bond acceptors (Lipinski definition) is 7. The lowest BCUT2D eigenvalue weighted by Gasteiger charge is -2.10. The predicted octanol–water partition coefficient (Wildman–Crippen LogP) is 2.10. The molecule has 2 aromatic rings. The fraction of sp³-hybridized carbons (Fsp3) is 0.273. The molecule has 10 heteroatoms. The number of ether oxygens (including phenoxy) is 3. The van der Waals surface area contributed by atoms with Gasteiger partial charge in [0.2, 0.25) is 0 Å². The Labute approximate surface area is 185 Å². The van der Waals surface area contributed by atoms with Gasteiger partial charge in [0.05, 0.1) is 12.7 Å². The summed E-state index contributed by atoms with van der Waals surface area (Å²) in [6, 6.07) is 11.9. The summed E-state index contributed by atoms with van der Waals surface area (Å²) in [6.45, 7) is 2.64. The smallest absolute Gasteiger partial charge is 0.338 e. The first-order valence-electron chi connectivity index (χ1n) is 9.71. The van der Waals surface area contributed by atoms with Gasteiger partial charge in [-0.05, 0) is 50.2 Å². The number of rotatable bonds is 9. The van der Waals surface area contributed by atoms with Gasteiger partial charge in [-0.1, -0.05) is 6.07 Å². The molecule has 3 N–H and O–H groups in total. The van der Waals surface area contributed by atoms with Crippen molar-refractivity contribution >= 4 is 29.5 Å². The van der Waals surface area contributed by atoms with Crippen LogP contribution in [0.2, 0.25) is 0 Å². The zero-order chi connectivity index (χ0) is 23.5. The summed E-state index contributed by atoms with van der Waals surface area (Å²) in [5.74, 6) is -0.882. The molecular formula is C22H25N3O7. The van der Waals surface area contributed by atoms with Gasteiger partial charge in [0, 0.05) is 17.8 Å². The molecule has 0 unspecified atom stereocenters.